The number of anilines is 1. The van der Waals surface area contributed by atoms with Crippen LogP contribution in [-0.2, 0) is 10.0 Å². The van der Waals surface area contributed by atoms with Gasteiger partial charge in [0, 0.05) is 11.6 Å². The van der Waals surface area contributed by atoms with Gasteiger partial charge in [0.05, 0.1) is 29.4 Å². The minimum atomic E-state index is -3.77. The first-order valence-corrected chi connectivity index (χ1v) is 9.82. The fourth-order valence-electron chi connectivity index (χ4n) is 2.54. The first-order valence-electron chi connectivity index (χ1n) is 7.52. The molecule has 26 heavy (non-hydrogen) atoms. The van der Waals surface area contributed by atoms with Gasteiger partial charge in [0.15, 0.2) is 12.2 Å². The summed E-state index contributed by atoms with van der Waals surface area (Å²) in [5, 5.41) is 0.726. The van der Waals surface area contributed by atoms with Gasteiger partial charge in [0.25, 0.3) is 10.0 Å². The number of fused-ring (bicyclic) bond motifs is 1. The van der Waals surface area contributed by atoms with Crippen molar-refractivity contribution in [2.75, 3.05) is 11.8 Å². The maximum atomic E-state index is 12.8. The number of hydrogen-bond acceptors (Lipinski definition) is 7. The van der Waals surface area contributed by atoms with Crippen LogP contribution in [0.3, 0.4) is 0 Å². The van der Waals surface area contributed by atoms with E-state index < -0.39 is 10.0 Å². The molecule has 0 bridgehead atoms. The Balaban J connectivity index is 1.72. The van der Waals surface area contributed by atoms with Crippen molar-refractivity contribution in [1.82, 2.24) is 9.97 Å². The van der Waals surface area contributed by atoms with Gasteiger partial charge in [-0.2, -0.15) is 0 Å². The number of pyridine rings is 1. The number of oxazole rings is 1. The largest absolute Gasteiger partial charge is 0.496 e. The average Bonchev–Trinajstić information content (AvgIpc) is 3.33. The molecule has 0 saturated carbocycles. The van der Waals surface area contributed by atoms with Gasteiger partial charge in [-0.05, 0) is 36.4 Å². The predicted octanol–water partition coefficient (Wildman–Crippen LogP) is 3.76. The van der Waals surface area contributed by atoms with Gasteiger partial charge in [-0.15, -0.1) is 11.3 Å². The number of nitrogens with zero attached hydrogens (tertiary/aromatic N) is 2. The second-order valence-electron chi connectivity index (χ2n) is 5.30. The fourth-order valence-corrected chi connectivity index (χ4v) is 4.86. The number of nitrogens with one attached hydrogen (secondary N) is 1. The lowest BCUT2D eigenvalue weighted by Gasteiger charge is -2.11. The first kappa shape index (κ1) is 16.6. The number of hydrogen-bond donors (Lipinski definition) is 1. The Morgan fingerprint density at radius 2 is 2.08 bits per heavy atom. The number of methoxy groups -OCH3 is 1. The van der Waals surface area contributed by atoms with Crippen LogP contribution in [-0.4, -0.2) is 25.5 Å². The van der Waals surface area contributed by atoms with E-state index in [0.717, 1.165) is 16.7 Å². The molecule has 0 aliphatic carbocycles. The number of sulfonamides is 1. The zero-order valence-corrected chi connectivity index (χ0v) is 15.2. The molecule has 0 amide bonds. The summed E-state index contributed by atoms with van der Waals surface area (Å²) < 4.78 is 38.8. The molecule has 3 aromatic heterocycles. The van der Waals surface area contributed by atoms with Crippen LogP contribution in [0.5, 0.6) is 5.75 Å². The zero-order valence-electron chi connectivity index (χ0n) is 13.5. The van der Waals surface area contributed by atoms with E-state index in [9.17, 15) is 8.42 Å². The Morgan fingerprint density at radius 1 is 1.19 bits per heavy atom. The Hall–Kier alpha value is -2.91. The van der Waals surface area contributed by atoms with E-state index >= 15 is 0 Å². The summed E-state index contributed by atoms with van der Waals surface area (Å²) in [6.07, 6.45) is 4.44. The molecule has 132 valence electrons. The molecular weight excluding hydrogens is 374 g/mol. The predicted molar refractivity (Wildman–Crippen MR) is 98.9 cm³/mol. The summed E-state index contributed by atoms with van der Waals surface area (Å²) >= 11 is 1.10. The van der Waals surface area contributed by atoms with Crippen LogP contribution >= 0.6 is 11.3 Å². The molecule has 1 N–H and O–H groups in total. The second-order valence-corrected chi connectivity index (χ2v) is 8.30. The van der Waals surface area contributed by atoms with Gasteiger partial charge < -0.3 is 9.15 Å². The fraction of sp³-hybridized carbons (Fsp3) is 0.0588. The SMILES string of the molecule is COc1ccc(NS(=O)(=O)c2ccc(-c3cnco3)s2)c2ncccc12. The van der Waals surface area contributed by atoms with Crippen molar-refractivity contribution in [3.05, 3.63) is 55.2 Å². The molecule has 0 spiro atoms. The highest BCUT2D eigenvalue weighted by Crippen LogP contribution is 2.34. The topological polar surface area (TPSA) is 94.3 Å². The highest BCUT2D eigenvalue weighted by Gasteiger charge is 2.20. The maximum absolute atomic E-state index is 12.8. The summed E-state index contributed by atoms with van der Waals surface area (Å²) in [6, 6.07) is 10.2. The Kier molecular flexibility index (Phi) is 4.09. The standard InChI is InChI=1S/C17H13N3O4S2/c1-23-13-5-4-12(17-11(13)3-2-8-19-17)20-26(21,22)16-7-6-15(25-16)14-9-18-10-24-14/h2-10,20H,1H3. The minimum Gasteiger partial charge on any atom is -0.496 e. The lowest BCUT2D eigenvalue weighted by atomic mass is 10.2. The smallest absolute Gasteiger partial charge is 0.271 e. The lowest BCUT2D eigenvalue weighted by molar-refractivity contribution is 0.420. The molecule has 3 heterocycles. The third-order valence-corrected chi connectivity index (χ3v) is 6.67. The number of thiophene rings is 1. The van der Waals surface area contributed by atoms with E-state index in [0.29, 0.717) is 27.6 Å². The number of aromatic nitrogens is 2. The van der Waals surface area contributed by atoms with Crippen molar-refractivity contribution >= 4 is 38.0 Å². The van der Waals surface area contributed by atoms with Crippen molar-refractivity contribution in [2.24, 2.45) is 0 Å². The number of rotatable bonds is 5. The molecule has 0 aliphatic rings. The van der Waals surface area contributed by atoms with Crippen molar-refractivity contribution < 1.29 is 17.6 Å². The van der Waals surface area contributed by atoms with Gasteiger partial charge in [0.1, 0.15) is 9.96 Å². The normalized spacial score (nSPS) is 11.6. The molecule has 7 nitrogen and oxygen atoms in total. The molecular formula is C17H13N3O4S2. The molecule has 0 atom stereocenters. The highest BCUT2D eigenvalue weighted by atomic mass is 32.2. The summed E-state index contributed by atoms with van der Waals surface area (Å²) in [5.41, 5.74) is 0.901. The molecule has 9 heteroatoms. The van der Waals surface area contributed by atoms with E-state index in [4.69, 9.17) is 9.15 Å². The van der Waals surface area contributed by atoms with Crippen LogP contribution < -0.4 is 9.46 Å². The van der Waals surface area contributed by atoms with Crippen molar-refractivity contribution in [1.29, 1.82) is 0 Å². The van der Waals surface area contributed by atoms with Crippen LogP contribution in [0.1, 0.15) is 0 Å². The van der Waals surface area contributed by atoms with Gasteiger partial charge in [0.2, 0.25) is 0 Å². The summed E-state index contributed by atoms with van der Waals surface area (Å²) in [6.45, 7) is 0. The van der Waals surface area contributed by atoms with Crippen LogP contribution in [0, 0.1) is 0 Å². The van der Waals surface area contributed by atoms with E-state index in [-0.39, 0.29) is 4.21 Å². The highest BCUT2D eigenvalue weighted by molar-refractivity contribution is 7.94. The summed E-state index contributed by atoms with van der Waals surface area (Å²) in [4.78, 5) is 8.81. The zero-order chi connectivity index (χ0) is 18.1. The van der Waals surface area contributed by atoms with Crippen molar-refractivity contribution in [2.45, 2.75) is 4.21 Å². The second kappa shape index (κ2) is 6.43. The van der Waals surface area contributed by atoms with Crippen molar-refractivity contribution in [3.63, 3.8) is 0 Å². The molecule has 1 aromatic carbocycles. The van der Waals surface area contributed by atoms with Gasteiger partial charge >= 0.3 is 0 Å². The van der Waals surface area contributed by atoms with Gasteiger partial charge in [-0.25, -0.2) is 13.4 Å². The van der Waals surface area contributed by atoms with Crippen LogP contribution in [0.25, 0.3) is 21.5 Å². The third-order valence-electron chi connectivity index (χ3n) is 3.72. The molecule has 4 rings (SSSR count). The number of benzene rings is 1. The Bertz CT molecular complexity index is 1170. The monoisotopic (exact) mass is 387 g/mol. The van der Waals surface area contributed by atoms with Crippen molar-refractivity contribution in [3.8, 4) is 16.4 Å². The van der Waals surface area contributed by atoms with E-state index in [1.165, 1.54) is 18.7 Å². The molecule has 0 radical (unpaired) electrons. The lowest BCUT2D eigenvalue weighted by Crippen LogP contribution is -2.12. The molecule has 4 aromatic rings. The van der Waals surface area contributed by atoms with Gasteiger partial charge in [-0.1, -0.05) is 0 Å². The van der Waals surface area contributed by atoms with Gasteiger partial charge in [-0.3, -0.25) is 9.71 Å². The summed E-state index contributed by atoms with van der Waals surface area (Å²) in [7, 11) is -2.21. The maximum Gasteiger partial charge on any atom is 0.271 e. The Morgan fingerprint density at radius 3 is 2.85 bits per heavy atom. The molecule has 0 fully saturated rings. The summed E-state index contributed by atoms with van der Waals surface area (Å²) in [5.74, 6) is 1.15. The average molecular weight is 387 g/mol. The van der Waals surface area contributed by atoms with Crippen LogP contribution in [0.4, 0.5) is 5.69 Å². The molecule has 0 saturated heterocycles. The van der Waals surface area contributed by atoms with E-state index in [1.54, 1.807) is 37.6 Å². The third kappa shape index (κ3) is 2.91. The molecule has 0 unspecified atom stereocenters. The number of ether oxygens (including phenoxy) is 1. The van der Waals surface area contributed by atoms with E-state index in [2.05, 4.69) is 14.7 Å². The Labute approximate surface area is 153 Å². The van der Waals surface area contributed by atoms with E-state index in [1.807, 2.05) is 6.07 Å². The quantitative estimate of drug-likeness (QED) is 0.560. The first-order chi connectivity index (χ1) is 12.6. The van der Waals surface area contributed by atoms with Crippen LogP contribution in [0.15, 0.2) is 63.8 Å². The van der Waals surface area contributed by atoms with Crippen LogP contribution in [0.2, 0.25) is 0 Å². The molecule has 0 aliphatic heterocycles. The minimum absolute atomic E-state index is 0.170.